The quantitative estimate of drug-likeness (QED) is 0.864. The van der Waals surface area contributed by atoms with Gasteiger partial charge in [-0.2, -0.15) is 0 Å². The zero-order chi connectivity index (χ0) is 14.5. The molecule has 0 aromatic carbocycles. The molecule has 3 rings (SSSR count). The molecule has 2 aromatic heterocycles. The summed E-state index contributed by atoms with van der Waals surface area (Å²) in [5, 5.41) is 3.40. The second-order valence-electron chi connectivity index (χ2n) is 5.37. The first-order valence-electron chi connectivity index (χ1n) is 7.53. The Balaban J connectivity index is 1.76. The van der Waals surface area contributed by atoms with Gasteiger partial charge in [0.15, 0.2) is 0 Å². The Bertz CT molecular complexity index is 622. The van der Waals surface area contributed by atoms with E-state index in [4.69, 9.17) is 0 Å². The molecule has 0 amide bonds. The smallest absolute Gasteiger partial charge is 0.223 e. The summed E-state index contributed by atoms with van der Waals surface area (Å²) >= 11 is 0. The lowest BCUT2D eigenvalue weighted by Crippen LogP contribution is -2.20. The first kappa shape index (κ1) is 13.7. The Labute approximate surface area is 125 Å². The van der Waals surface area contributed by atoms with Gasteiger partial charge in [0, 0.05) is 18.4 Å². The van der Waals surface area contributed by atoms with Crippen LogP contribution in [0.4, 0.5) is 5.95 Å². The second-order valence-corrected chi connectivity index (χ2v) is 5.37. The van der Waals surface area contributed by atoms with Crippen LogP contribution >= 0.6 is 0 Å². The minimum atomic E-state index is 0.282. The van der Waals surface area contributed by atoms with Crippen LogP contribution in [0, 0.1) is 0 Å². The topological polar surface area (TPSA) is 50.7 Å². The molecule has 0 bridgehead atoms. The molecule has 21 heavy (non-hydrogen) atoms. The summed E-state index contributed by atoms with van der Waals surface area (Å²) in [4.78, 5) is 13.2. The van der Waals surface area contributed by atoms with Crippen LogP contribution in [-0.2, 0) is 0 Å². The predicted octanol–water partition coefficient (Wildman–Crippen LogP) is 3.84. The molecule has 0 radical (unpaired) electrons. The van der Waals surface area contributed by atoms with E-state index in [0.29, 0.717) is 5.95 Å². The molecular formula is C17H20N4. The molecule has 4 heteroatoms. The standard InChI is InChI=1S/C17H20N4/c1-13(14-7-3-2-4-8-14)20-17-19-12-10-16(21-17)15-9-5-6-11-18-15/h5-7,9-13H,2-4,8H2,1H3,(H,19,20,21)/t13-/m1/s1. The van der Waals surface area contributed by atoms with Gasteiger partial charge in [-0.1, -0.05) is 17.7 Å². The molecule has 4 nitrogen and oxygen atoms in total. The molecular weight excluding hydrogens is 260 g/mol. The molecule has 2 aromatic rings. The van der Waals surface area contributed by atoms with Crippen LogP contribution in [0.3, 0.4) is 0 Å². The van der Waals surface area contributed by atoms with Crippen molar-refractivity contribution in [2.45, 2.75) is 38.6 Å². The Morgan fingerprint density at radius 1 is 1.05 bits per heavy atom. The van der Waals surface area contributed by atoms with Gasteiger partial charge < -0.3 is 5.32 Å². The first-order valence-corrected chi connectivity index (χ1v) is 7.53. The van der Waals surface area contributed by atoms with Crippen molar-refractivity contribution in [3.8, 4) is 11.4 Å². The summed E-state index contributed by atoms with van der Waals surface area (Å²) in [6, 6.07) is 8.00. The highest BCUT2D eigenvalue weighted by molar-refractivity contribution is 5.55. The predicted molar refractivity (Wildman–Crippen MR) is 84.9 cm³/mol. The van der Waals surface area contributed by atoms with Gasteiger partial charge in [0.25, 0.3) is 0 Å². The summed E-state index contributed by atoms with van der Waals surface area (Å²) < 4.78 is 0. The summed E-state index contributed by atoms with van der Waals surface area (Å²) in [7, 11) is 0. The van der Waals surface area contributed by atoms with Gasteiger partial charge in [0.2, 0.25) is 5.95 Å². The molecule has 1 aliphatic rings. The van der Waals surface area contributed by atoms with Crippen molar-refractivity contribution in [1.29, 1.82) is 0 Å². The van der Waals surface area contributed by atoms with Crippen LogP contribution in [0.1, 0.15) is 32.6 Å². The Hall–Kier alpha value is -2.23. The van der Waals surface area contributed by atoms with E-state index < -0.39 is 0 Å². The maximum absolute atomic E-state index is 4.57. The fourth-order valence-corrected chi connectivity index (χ4v) is 2.63. The number of nitrogens with one attached hydrogen (secondary N) is 1. The third-order valence-corrected chi connectivity index (χ3v) is 3.81. The third-order valence-electron chi connectivity index (χ3n) is 3.81. The molecule has 108 valence electrons. The number of hydrogen-bond acceptors (Lipinski definition) is 4. The molecule has 2 heterocycles. The highest BCUT2D eigenvalue weighted by Crippen LogP contribution is 2.22. The average molecular weight is 280 g/mol. The van der Waals surface area contributed by atoms with Crippen molar-refractivity contribution < 1.29 is 0 Å². The number of anilines is 1. The molecule has 0 fully saturated rings. The number of hydrogen-bond donors (Lipinski definition) is 1. The van der Waals surface area contributed by atoms with E-state index in [1.54, 1.807) is 12.4 Å². The zero-order valence-corrected chi connectivity index (χ0v) is 12.3. The van der Waals surface area contributed by atoms with Crippen molar-refractivity contribution in [3.63, 3.8) is 0 Å². The van der Waals surface area contributed by atoms with Crippen molar-refractivity contribution in [3.05, 3.63) is 48.3 Å². The van der Waals surface area contributed by atoms with Crippen LogP contribution < -0.4 is 5.32 Å². The molecule has 0 saturated heterocycles. The Kier molecular flexibility index (Phi) is 4.24. The van der Waals surface area contributed by atoms with E-state index in [9.17, 15) is 0 Å². The zero-order valence-electron chi connectivity index (χ0n) is 12.3. The maximum atomic E-state index is 4.57. The van der Waals surface area contributed by atoms with E-state index in [0.717, 1.165) is 11.4 Å². The molecule has 0 saturated carbocycles. The number of pyridine rings is 1. The van der Waals surface area contributed by atoms with Crippen molar-refractivity contribution in [2.75, 3.05) is 5.32 Å². The summed E-state index contributed by atoms with van der Waals surface area (Å²) in [6.07, 6.45) is 10.9. The SMILES string of the molecule is C[C@@H](Nc1nccc(-c2ccccn2)n1)C1=CCCCC1. The number of nitrogens with zero attached hydrogens (tertiary/aromatic N) is 3. The van der Waals surface area contributed by atoms with Crippen molar-refractivity contribution in [2.24, 2.45) is 0 Å². The molecule has 0 unspecified atom stereocenters. The number of rotatable bonds is 4. The lowest BCUT2D eigenvalue weighted by atomic mass is 9.95. The second kappa shape index (κ2) is 6.48. The first-order chi connectivity index (χ1) is 10.3. The van der Waals surface area contributed by atoms with E-state index in [1.165, 1.54) is 31.3 Å². The van der Waals surface area contributed by atoms with Gasteiger partial charge in [-0.05, 0) is 50.8 Å². The van der Waals surface area contributed by atoms with Gasteiger partial charge >= 0.3 is 0 Å². The molecule has 1 atom stereocenters. The van der Waals surface area contributed by atoms with Gasteiger partial charge in [0.05, 0.1) is 11.4 Å². The lowest BCUT2D eigenvalue weighted by molar-refractivity contribution is 0.664. The Morgan fingerprint density at radius 3 is 2.76 bits per heavy atom. The van der Waals surface area contributed by atoms with Crippen molar-refractivity contribution in [1.82, 2.24) is 15.0 Å². The summed E-state index contributed by atoms with van der Waals surface area (Å²) in [5.74, 6) is 0.664. The van der Waals surface area contributed by atoms with E-state index >= 15 is 0 Å². The monoisotopic (exact) mass is 280 g/mol. The highest BCUT2D eigenvalue weighted by Gasteiger charge is 2.13. The van der Waals surface area contributed by atoms with Crippen LogP contribution in [0.2, 0.25) is 0 Å². The summed E-state index contributed by atoms with van der Waals surface area (Å²) in [5.41, 5.74) is 3.18. The fraction of sp³-hybridized carbons (Fsp3) is 0.353. The lowest BCUT2D eigenvalue weighted by Gasteiger charge is -2.20. The summed E-state index contributed by atoms with van der Waals surface area (Å²) in [6.45, 7) is 2.17. The maximum Gasteiger partial charge on any atom is 0.223 e. The number of aromatic nitrogens is 3. The van der Waals surface area contributed by atoms with Gasteiger partial charge in [-0.25, -0.2) is 9.97 Å². The minimum absolute atomic E-state index is 0.282. The molecule has 1 aliphatic carbocycles. The average Bonchev–Trinajstić information content (AvgIpc) is 2.57. The fourth-order valence-electron chi connectivity index (χ4n) is 2.63. The van der Waals surface area contributed by atoms with Gasteiger partial charge in [-0.3, -0.25) is 4.98 Å². The van der Waals surface area contributed by atoms with Crippen molar-refractivity contribution >= 4 is 5.95 Å². The van der Waals surface area contributed by atoms with Crippen LogP contribution in [0.15, 0.2) is 48.3 Å². The molecule has 1 N–H and O–H groups in total. The highest BCUT2D eigenvalue weighted by atomic mass is 15.1. The van der Waals surface area contributed by atoms with Gasteiger partial charge in [-0.15, -0.1) is 0 Å². The molecule has 0 spiro atoms. The normalized spacial score (nSPS) is 16.1. The van der Waals surface area contributed by atoms with E-state index in [2.05, 4.69) is 33.3 Å². The minimum Gasteiger partial charge on any atom is -0.348 e. The largest absolute Gasteiger partial charge is 0.348 e. The van der Waals surface area contributed by atoms with E-state index in [1.807, 2.05) is 24.3 Å². The number of allylic oxidation sites excluding steroid dienone is 1. The van der Waals surface area contributed by atoms with E-state index in [-0.39, 0.29) is 6.04 Å². The Morgan fingerprint density at radius 2 is 2.00 bits per heavy atom. The third kappa shape index (κ3) is 3.45. The van der Waals surface area contributed by atoms with Crippen LogP contribution in [-0.4, -0.2) is 21.0 Å². The van der Waals surface area contributed by atoms with Gasteiger partial charge in [0.1, 0.15) is 0 Å². The molecule has 0 aliphatic heterocycles. The van der Waals surface area contributed by atoms with Crippen LogP contribution in [0.5, 0.6) is 0 Å². The van der Waals surface area contributed by atoms with Crippen LogP contribution in [0.25, 0.3) is 11.4 Å².